The highest BCUT2D eigenvalue weighted by Gasteiger charge is 2.59. The van der Waals surface area contributed by atoms with Crippen LogP contribution in [0.4, 0.5) is 0 Å². The van der Waals surface area contributed by atoms with Gasteiger partial charge in [-0.2, -0.15) is 0 Å². The van der Waals surface area contributed by atoms with Crippen molar-refractivity contribution in [1.29, 1.82) is 0 Å². The molecule has 0 bridgehead atoms. The van der Waals surface area contributed by atoms with Crippen molar-refractivity contribution < 1.29 is 14.3 Å². The number of esters is 1. The lowest BCUT2D eigenvalue weighted by Crippen LogP contribution is -2.21. The third-order valence-corrected chi connectivity index (χ3v) is 3.21. The molecule has 2 aliphatic rings. The van der Waals surface area contributed by atoms with E-state index in [0.29, 0.717) is 0 Å². The molecule has 0 aromatic carbocycles. The van der Waals surface area contributed by atoms with Gasteiger partial charge in [-0.1, -0.05) is 6.08 Å². The first kappa shape index (κ1) is 11.4. The second-order valence-electron chi connectivity index (χ2n) is 4.48. The van der Waals surface area contributed by atoms with Crippen LogP contribution in [0.2, 0.25) is 0 Å². The zero-order valence-electron chi connectivity index (χ0n) is 9.70. The maximum atomic E-state index is 10.9. The second kappa shape index (κ2) is 4.42. The van der Waals surface area contributed by atoms with E-state index in [-0.39, 0.29) is 17.7 Å². The van der Waals surface area contributed by atoms with Crippen LogP contribution in [0.15, 0.2) is 24.5 Å². The minimum Gasteiger partial charge on any atom is -0.429 e. The molecule has 0 saturated carbocycles. The standard InChI is InChI=1S/C13H18O3/c1-3-4-5-8-13-9-6-7-11(12(13)16-13)15-10(2)14/h3,7,12H,1,4-6,8-9H2,2H3/t12-,13+/m1/s1. The molecule has 1 aliphatic heterocycles. The zero-order valence-corrected chi connectivity index (χ0v) is 9.70. The monoisotopic (exact) mass is 222 g/mol. The number of fused-ring (bicyclic) bond motifs is 1. The molecular formula is C13H18O3. The third kappa shape index (κ3) is 2.19. The Morgan fingerprint density at radius 1 is 1.81 bits per heavy atom. The topological polar surface area (TPSA) is 38.8 Å². The molecule has 1 saturated heterocycles. The van der Waals surface area contributed by atoms with Crippen LogP contribution in [0, 0.1) is 0 Å². The number of ether oxygens (including phenoxy) is 2. The van der Waals surface area contributed by atoms with Gasteiger partial charge < -0.3 is 9.47 Å². The fraction of sp³-hybridized carbons (Fsp3) is 0.615. The highest BCUT2D eigenvalue weighted by molar-refractivity contribution is 5.67. The van der Waals surface area contributed by atoms with Crippen LogP contribution in [0.5, 0.6) is 0 Å². The van der Waals surface area contributed by atoms with Crippen molar-refractivity contribution in [2.75, 3.05) is 0 Å². The van der Waals surface area contributed by atoms with Crippen molar-refractivity contribution in [3.05, 3.63) is 24.5 Å². The summed E-state index contributed by atoms with van der Waals surface area (Å²) in [6.45, 7) is 5.14. The van der Waals surface area contributed by atoms with E-state index in [1.54, 1.807) is 0 Å². The quantitative estimate of drug-likeness (QED) is 0.311. The van der Waals surface area contributed by atoms with Gasteiger partial charge in [0, 0.05) is 6.92 Å². The Bertz CT molecular complexity index is 332. The van der Waals surface area contributed by atoms with Gasteiger partial charge in [0.2, 0.25) is 0 Å². The summed E-state index contributed by atoms with van der Waals surface area (Å²) in [5, 5.41) is 0. The Hall–Kier alpha value is -1.09. The van der Waals surface area contributed by atoms with Crippen molar-refractivity contribution in [3.8, 4) is 0 Å². The van der Waals surface area contributed by atoms with Crippen LogP contribution in [-0.2, 0) is 14.3 Å². The van der Waals surface area contributed by atoms with E-state index >= 15 is 0 Å². The first-order valence-corrected chi connectivity index (χ1v) is 5.85. The molecule has 2 rings (SSSR count). The van der Waals surface area contributed by atoms with E-state index in [1.165, 1.54) is 6.92 Å². The lowest BCUT2D eigenvalue weighted by molar-refractivity contribution is -0.137. The third-order valence-electron chi connectivity index (χ3n) is 3.21. The highest BCUT2D eigenvalue weighted by Crippen LogP contribution is 2.51. The number of hydrogen-bond acceptors (Lipinski definition) is 3. The van der Waals surface area contributed by atoms with Gasteiger partial charge in [0.05, 0.1) is 0 Å². The average molecular weight is 222 g/mol. The van der Waals surface area contributed by atoms with E-state index in [1.807, 2.05) is 12.2 Å². The van der Waals surface area contributed by atoms with Crippen LogP contribution in [0.3, 0.4) is 0 Å². The molecule has 0 N–H and O–H groups in total. The van der Waals surface area contributed by atoms with Gasteiger partial charge in [-0.05, 0) is 38.2 Å². The van der Waals surface area contributed by atoms with E-state index in [4.69, 9.17) is 9.47 Å². The Morgan fingerprint density at radius 2 is 2.62 bits per heavy atom. The molecule has 0 aromatic heterocycles. The van der Waals surface area contributed by atoms with Gasteiger partial charge in [0.1, 0.15) is 17.5 Å². The van der Waals surface area contributed by atoms with E-state index in [2.05, 4.69) is 6.58 Å². The molecule has 0 unspecified atom stereocenters. The summed E-state index contributed by atoms with van der Waals surface area (Å²) in [4.78, 5) is 10.9. The van der Waals surface area contributed by atoms with E-state index in [9.17, 15) is 4.79 Å². The summed E-state index contributed by atoms with van der Waals surface area (Å²) >= 11 is 0. The fourth-order valence-electron chi connectivity index (χ4n) is 2.40. The Kier molecular flexibility index (Phi) is 3.15. The molecule has 1 heterocycles. The number of carbonyl (C=O) groups excluding carboxylic acids is 1. The zero-order chi connectivity index (χ0) is 11.6. The first-order valence-electron chi connectivity index (χ1n) is 5.85. The maximum absolute atomic E-state index is 10.9. The molecule has 88 valence electrons. The predicted molar refractivity (Wildman–Crippen MR) is 60.7 cm³/mol. The van der Waals surface area contributed by atoms with Crippen molar-refractivity contribution in [2.45, 2.75) is 50.7 Å². The molecule has 0 aromatic rings. The van der Waals surface area contributed by atoms with Crippen LogP contribution in [-0.4, -0.2) is 17.7 Å². The average Bonchev–Trinajstić information content (AvgIpc) is 2.93. The van der Waals surface area contributed by atoms with Crippen LogP contribution < -0.4 is 0 Å². The van der Waals surface area contributed by atoms with Crippen molar-refractivity contribution in [3.63, 3.8) is 0 Å². The molecule has 3 nitrogen and oxygen atoms in total. The molecule has 0 radical (unpaired) electrons. The van der Waals surface area contributed by atoms with E-state index in [0.717, 1.165) is 37.9 Å². The van der Waals surface area contributed by atoms with Gasteiger partial charge in [-0.3, -0.25) is 4.79 Å². The summed E-state index contributed by atoms with van der Waals surface area (Å²) < 4.78 is 10.9. The summed E-state index contributed by atoms with van der Waals surface area (Å²) in [5.41, 5.74) is -0.0391. The van der Waals surface area contributed by atoms with Gasteiger partial charge >= 0.3 is 5.97 Å². The Labute approximate surface area is 96.1 Å². The summed E-state index contributed by atoms with van der Waals surface area (Å²) in [6.07, 6.45) is 9.05. The number of unbranched alkanes of at least 4 members (excludes halogenated alkanes) is 1. The lowest BCUT2D eigenvalue weighted by Gasteiger charge is -2.16. The molecule has 1 fully saturated rings. The minimum atomic E-state index is -0.261. The van der Waals surface area contributed by atoms with Crippen molar-refractivity contribution >= 4 is 5.97 Å². The normalized spacial score (nSPS) is 31.3. The van der Waals surface area contributed by atoms with Crippen LogP contribution in [0.1, 0.15) is 39.0 Å². The summed E-state index contributed by atoms with van der Waals surface area (Å²) in [6, 6.07) is 0. The predicted octanol–water partition coefficient (Wildman–Crippen LogP) is 2.72. The van der Waals surface area contributed by atoms with E-state index < -0.39 is 0 Å². The van der Waals surface area contributed by atoms with Gasteiger partial charge in [0.25, 0.3) is 0 Å². The maximum Gasteiger partial charge on any atom is 0.307 e. The molecule has 16 heavy (non-hydrogen) atoms. The molecule has 3 heteroatoms. The molecule has 1 aliphatic carbocycles. The van der Waals surface area contributed by atoms with Gasteiger partial charge in [-0.15, -0.1) is 6.58 Å². The fourth-order valence-corrected chi connectivity index (χ4v) is 2.40. The lowest BCUT2D eigenvalue weighted by atomic mass is 9.88. The Balaban J connectivity index is 1.91. The minimum absolute atomic E-state index is 0.0231. The van der Waals surface area contributed by atoms with Gasteiger partial charge in [0.15, 0.2) is 0 Å². The number of epoxide rings is 1. The summed E-state index contributed by atoms with van der Waals surface area (Å²) in [5.74, 6) is 0.459. The summed E-state index contributed by atoms with van der Waals surface area (Å²) in [7, 11) is 0. The largest absolute Gasteiger partial charge is 0.429 e. The van der Waals surface area contributed by atoms with Crippen LogP contribution >= 0.6 is 0 Å². The molecular weight excluding hydrogens is 204 g/mol. The molecule has 0 spiro atoms. The molecule has 2 atom stereocenters. The van der Waals surface area contributed by atoms with Crippen molar-refractivity contribution in [1.82, 2.24) is 0 Å². The number of allylic oxidation sites excluding steroid dienone is 2. The Morgan fingerprint density at radius 3 is 3.31 bits per heavy atom. The van der Waals surface area contributed by atoms with Gasteiger partial charge in [-0.25, -0.2) is 0 Å². The SMILES string of the molecule is C=CCCC[C@]12CCC=C(OC(C)=O)[C@H]1O2. The number of hydrogen-bond donors (Lipinski definition) is 0. The second-order valence-corrected chi connectivity index (χ2v) is 4.48. The smallest absolute Gasteiger partial charge is 0.307 e. The highest BCUT2D eigenvalue weighted by atomic mass is 16.6. The molecule has 0 amide bonds. The number of carbonyl (C=O) groups is 1. The number of rotatable bonds is 5. The van der Waals surface area contributed by atoms with Crippen molar-refractivity contribution in [2.24, 2.45) is 0 Å². The first-order chi connectivity index (χ1) is 7.68. The van der Waals surface area contributed by atoms with Crippen LogP contribution in [0.25, 0.3) is 0 Å².